The molecule has 1 saturated heterocycles. The Hall–Kier alpha value is -3.52. The third-order valence-corrected chi connectivity index (χ3v) is 6.23. The molecule has 0 unspecified atom stereocenters. The van der Waals surface area contributed by atoms with Crippen LogP contribution in [0.25, 0.3) is 10.9 Å². The average Bonchev–Trinajstić information content (AvgIpc) is 2.82. The second-order valence-corrected chi connectivity index (χ2v) is 8.28. The zero-order valence-electron chi connectivity index (χ0n) is 18.0. The molecular weight excluding hydrogens is 408 g/mol. The first-order valence-electron chi connectivity index (χ1n) is 10.8. The molecule has 8 heteroatoms. The number of benzene rings is 2. The topological polar surface area (TPSA) is 99.5 Å². The van der Waals surface area contributed by atoms with Gasteiger partial charge in [-0.05, 0) is 44.0 Å². The number of rotatable bonds is 6. The Balaban J connectivity index is 1.42. The molecule has 0 spiro atoms. The van der Waals surface area contributed by atoms with Crippen LogP contribution in [0.4, 0.5) is 5.69 Å². The maximum atomic E-state index is 13.1. The van der Waals surface area contributed by atoms with Gasteiger partial charge in [-0.15, -0.1) is 0 Å². The summed E-state index contributed by atoms with van der Waals surface area (Å²) >= 11 is 0. The summed E-state index contributed by atoms with van der Waals surface area (Å²) in [6.07, 6.45) is 2.71. The summed E-state index contributed by atoms with van der Waals surface area (Å²) in [5, 5.41) is 12.0. The van der Waals surface area contributed by atoms with Crippen molar-refractivity contribution in [1.29, 1.82) is 0 Å². The van der Waals surface area contributed by atoms with E-state index in [2.05, 4.69) is 29.1 Å². The van der Waals surface area contributed by atoms with E-state index in [1.165, 1.54) is 23.8 Å². The van der Waals surface area contributed by atoms with E-state index in [1.807, 2.05) is 18.2 Å². The van der Waals surface area contributed by atoms with E-state index >= 15 is 0 Å². The van der Waals surface area contributed by atoms with E-state index in [1.54, 1.807) is 11.0 Å². The Bertz CT molecular complexity index is 1180. The standard InChI is InChI=1S/C24H26N4O4/c1-26(12-9-17-5-3-2-4-6-17)20-10-13-27(14-11-20)24(30)19-15-18-7-8-22(29)25-23(18)21(16-19)28(31)32/h2-8,15-16,20H,9-14H2,1H3,(H,25,29). The highest BCUT2D eigenvalue weighted by Gasteiger charge is 2.27. The molecule has 1 aliphatic rings. The second kappa shape index (κ2) is 9.32. The Morgan fingerprint density at radius 1 is 1.16 bits per heavy atom. The second-order valence-electron chi connectivity index (χ2n) is 8.28. The smallest absolute Gasteiger partial charge is 0.294 e. The molecule has 2 aromatic carbocycles. The van der Waals surface area contributed by atoms with Crippen molar-refractivity contribution in [2.75, 3.05) is 26.7 Å². The zero-order chi connectivity index (χ0) is 22.7. The lowest BCUT2D eigenvalue weighted by Gasteiger charge is -2.37. The Morgan fingerprint density at radius 2 is 1.88 bits per heavy atom. The van der Waals surface area contributed by atoms with Gasteiger partial charge in [-0.1, -0.05) is 30.3 Å². The number of fused-ring (bicyclic) bond motifs is 1. The zero-order valence-corrected chi connectivity index (χ0v) is 18.0. The minimum Gasteiger partial charge on any atom is -0.339 e. The van der Waals surface area contributed by atoms with Crippen LogP contribution in [0, 0.1) is 10.1 Å². The van der Waals surface area contributed by atoms with Gasteiger partial charge in [0.15, 0.2) is 0 Å². The van der Waals surface area contributed by atoms with Crippen LogP contribution < -0.4 is 5.56 Å². The van der Waals surface area contributed by atoms with Crippen molar-refractivity contribution >= 4 is 22.5 Å². The van der Waals surface area contributed by atoms with Crippen LogP contribution in [0.2, 0.25) is 0 Å². The van der Waals surface area contributed by atoms with Crippen LogP contribution in [0.3, 0.4) is 0 Å². The lowest BCUT2D eigenvalue weighted by molar-refractivity contribution is -0.383. The summed E-state index contributed by atoms with van der Waals surface area (Å²) in [4.78, 5) is 42.2. The molecule has 32 heavy (non-hydrogen) atoms. The van der Waals surface area contributed by atoms with Gasteiger partial charge in [0.2, 0.25) is 5.56 Å². The molecule has 1 aromatic heterocycles. The minimum atomic E-state index is -0.566. The number of likely N-dealkylation sites (tertiary alicyclic amines) is 1. The minimum absolute atomic E-state index is 0.137. The summed E-state index contributed by atoms with van der Waals surface area (Å²) in [5.41, 5.74) is 1.04. The molecule has 0 bridgehead atoms. The summed E-state index contributed by atoms with van der Waals surface area (Å²) < 4.78 is 0. The van der Waals surface area contributed by atoms with Crippen LogP contribution in [-0.4, -0.2) is 58.3 Å². The third-order valence-electron chi connectivity index (χ3n) is 6.23. The molecule has 0 saturated carbocycles. The van der Waals surface area contributed by atoms with Gasteiger partial charge >= 0.3 is 0 Å². The summed E-state index contributed by atoms with van der Waals surface area (Å²) in [6, 6.07) is 16.5. The molecule has 0 atom stereocenters. The van der Waals surface area contributed by atoms with E-state index in [-0.39, 0.29) is 22.7 Å². The maximum absolute atomic E-state index is 13.1. The fraction of sp³-hybridized carbons (Fsp3) is 0.333. The number of nitro benzene ring substituents is 1. The van der Waals surface area contributed by atoms with Crippen LogP contribution in [0.5, 0.6) is 0 Å². The lowest BCUT2D eigenvalue weighted by atomic mass is 10.0. The number of amides is 1. The van der Waals surface area contributed by atoms with Gasteiger partial charge in [0, 0.05) is 48.8 Å². The maximum Gasteiger partial charge on any atom is 0.294 e. The molecule has 4 rings (SSSR count). The van der Waals surface area contributed by atoms with Crippen molar-refractivity contribution in [2.24, 2.45) is 0 Å². The highest BCUT2D eigenvalue weighted by atomic mass is 16.6. The number of nitrogens with one attached hydrogen (secondary N) is 1. The molecule has 1 N–H and O–H groups in total. The Labute approximate surface area is 185 Å². The number of nitrogens with zero attached hydrogens (tertiary/aromatic N) is 3. The van der Waals surface area contributed by atoms with Crippen LogP contribution >= 0.6 is 0 Å². The number of carbonyl (C=O) groups is 1. The fourth-order valence-corrected chi connectivity index (χ4v) is 4.34. The molecule has 1 aliphatic heterocycles. The first-order valence-corrected chi connectivity index (χ1v) is 10.8. The first-order chi connectivity index (χ1) is 15.4. The lowest BCUT2D eigenvalue weighted by Crippen LogP contribution is -2.46. The molecule has 3 aromatic rings. The highest BCUT2D eigenvalue weighted by Crippen LogP contribution is 2.26. The predicted octanol–water partition coefficient (Wildman–Crippen LogP) is 3.22. The number of hydrogen-bond donors (Lipinski definition) is 1. The average molecular weight is 434 g/mol. The molecule has 1 fully saturated rings. The number of hydrogen-bond acceptors (Lipinski definition) is 5. The number of non-ortho nitro benzene ring substituents is 1. The molecular formula is C24H26N4O4. The fourth-order valence-electron chi connectivity index (χ4n) is 4.34. The van der Waals surface area contributed by atoms with E-state index in [9.17, 15) is 19.7 Å². The number of likely N-dealkylation sites (N-methyl/N-ethyl adjacent to an activating group) is 1. The van der Waals surface area contributed by atoms with Gasteiger partial charge in [-0.3, -0.25) is 19.7 Å². The highest BCUT2D eigenvalue weighted by molar-refractivity contribution is 6.00. The van der Waals surface area contributed by atoms with Crippen molar-refractivity contribution in [3.63, 3.8) is 0 Å². The Morgan fingerprint density at radius 3 is 2.56 bits per heavy atom. The quantitative estimate of drug-likeness (QED) is 0.474. The van der Waals surface area contributed by atoms with Crippen LogP contribution in [0.15, 0.2) is 59.4 Å². The Kier molecular flexibility index (Phi) is 6.32. The summed E-state index contributed by atoms with van der Waals surface area (Å²) in [6.45, 7) is 2.17. The van der Waals surface area contributed by atoms with Crippen LogP contribution in [0.1, 0.15) is 28.8 Å². The van der Waals surface area contributed by atoms with Crippen molar-refractivity contribution < 1.29 is 9.72 Å². The number of aromatic nitrogens is 1. The first kappa shape index (κ1) is 21.7. The van der Waals surface area contributed by atoms with Gasteiger partial charge in [0.25, 0.3) is 11.6 Å². The van der Waals surface area contributed by atoms with Gasteiger partial charge in [0.05, 0.1) is 4.92 Å². The van der Waals surface area contributed by atoms with Gasteiger partial charge < -0.3 is 14.8 Å². The van der Waals surface area contributed by atoms with Crippen LogP contribution in [-0.2, 0) is 6.42 Å². The number of piperidine rings is 1. The predicted molar refractivity (Wildman–Crippen MR) is 123 cm³/mol. The molecule has 8 nitrogen and oxygen atoms in total. The summed E-state index contributed by atoms with van der Waals surface area (Å²) in [5.74, 6) is -0.216. The number of H-pyrrole nitrogens is 1. The molecule has 0 aliphatic carbocycles. The third kappa shape index (κ3) is 4.70. The molecule has 1 amide bonds. The van der Waals surface area contributed by atoms with Gasteiger partial charge in [0.1, 0.15) is 5.52 Å². The molecule has 0 radical (unpaired) electrons. The van der Waals surface area contributed by atoms with Crippen molar-refractivity contribution in [3.8, 4) is 0 Å². The van der Waals surface area contributed by atoms with E-state index in [0.29, 0.717) is 24.5 Å². The number of pyridine rings is 1. The molecule has 166 valence electrons. The van der Waals surface area contributed by atoms with Gasteiger partial charge in [-0.2, -0.15) is 0 Å². The number of carbonyl (C=O) groups excluding carboxylic acids is 1. The molecule has 2 heterocycles. The monoisotopic (exact) mass is 434 g/mol. The largest absolute Gasteiger partial charge is 0.339 e. The normalized spacial score (nSPS) is 14.8. The van der Waals surface area contributed by atoms with E-state index in [4.69, 9.17) is 0 Å². The van der Waals surface area contributed by atoms with Crippen molar-refractivity contribution in [3.05, 3.63) is 86.2 Å². The van der Waals surface area contributed by atoms with E-state index < -0.39 is 10.5 Å². The van der Waals surface area contributed by atoms with E-state index in [0.717, 1.165) is 25.8 Å². The summed E-state index contributed by atoms with van der Waals surface area (Å²) in [7, 11) is 2.12. The van der Waals surface area contributed by atoms with Gasteiger partial charge in [-0.25, -0.2) is 0 Å². The number of aromatic amines is 1. The number of nitro groups is 1. The van der Waals surface area contributed by atoms with Crippen molar-refractivity contribution in [1.82, 2.24) is 14.8 Å². The van der Waals surface area contributed by atoms with Crippen molar-refractivity contribution in [2.45, 2.75) is 25.3 Å². The SMILES string of the molecule is CN(CCc1ccccc1)C1CCN(C(=O)c2cc([N+](=O)[O-])c3[nH]c(=O)ccc3c2)CC1.